The van der Waals surface area contributed by atoms with Gasteiger partial charge in [0, 0.05) is 37.6 Å². The average molecular weight is 545 g/mol. The first kappa shape index (κ1) is 26.5. The first-order valence-corrected chi connectivity index (χ1v) is 13.5. The third kappa shape index (κ3) is 6.50. The zero-order chi connectivity index (χ0) is 27.4. The number of amides is 2. The van der Waals surface area contributed by atoms with Crippen molar-refractivity contribution in [3.63, 3.8) is 0 Å². The number of nitrogens with one attached hydrogen (secondary N) is 2. The van der Waals surface area contributed by atoms with Crippen LogP contribution in [0.2, 0.25) is 0 Å². The molecule has 2 aromatic heterocycles. The van der Waals surface area contributed by atoms with Gasteiger partial charge in [-0.05, 0) is 86.0 Å². The van der Waals surface area contributed by atoms with Crippen LogP contribution in [-0.2, 0) is 11.3 Å². The summed E-state index contributed by atoms with van der Waals surface area (Å²) in [5, 5.41) is 15.0. The van der Waals surface area contributed by atoms with Gasteiger partial charge in [-0.3, -0.25) is 19.9 Å². The van der Waals surface area contributed by atoms with Crippen molar-refractivity contribution in [3.8, 4) is 11.3 Å². The number of hydrogen-bond donors (Lipinski definition) is 3. The molecule has 4 heterocycles. The summed E-state index contributed by atoms with van der Waals surface area (Å²) in [6.45, 7) is 5.11. The molecule has 3 aromatic rings. The predicted molar refractivity (Wildman–Crippen MR) is 149 cm³/mol. The van der Waals surface area contributed by atoms with Crippen LogP contribution in [0.25, 0.3) is 17.3 Å². The van der Waals surface area contributed by atoms with Gasteiger partial charge in [0.05, 0.1) is 21.9 Å². The molecule has 0 unspecified atom stereocenters. The Kier molecular flexibility index (Phi) is 7.99. The summed E-state index contributed by atoms with van der Waals surface area (Å²) in [5.74, 6) is -0.242. The fraction of sp³-hybridized carbons (Fsp3) is 0.286. The van der Waals surface area contributed by atoms with Crippen molar-refractivity contribution in [1.82, 2.24) is 25.6 Å². The maximum Gasteiger partial charge on any atom is 0.336 e. The fourth-order valence-electron chi connectivity index (χ4n) is 4.70. The second kappa shape index (κ2) is 11.7. The minimum absolute atomic E-state index is 0.245. The second-order valence-electron chi connectivity index (χ2n) is 9.60. The summed E-state index contributed by atoms with van der Waals surface area (Å²) in [4.78, 5) is 50.8. The molecule has 39 heavy (non-hydrogen) atoms. The molecule has 0 radical (unpaired) electrons. The maximum absolute atomic E-state index is 11.8. The smallest absolute Gasteiger partial charge is 0.336 e. The van der Waals surface area contributed by atoms with E-state index in [1.165, 1.54) is 0 Å². The van der Waals surface area contributed by atoms with Crippen LogP contribution >= 0.6 is 11.8 Å². The van der Waals surface area contributed by atoms with Crippen molar-refractivity contribution < 1.29 is 19.5 Å². The third-order valence-electron chi connectivity index (χ3n) is 6.75. The number of carbonyl (C=O) groups is 3. The molecular formula is C28H28N6O4S. The van der Waals surface area contributed by atoms with Crippen molar-refractivity contribution in [2.24, 2.45) is 5.92 Å². The lowest BCUT2D eigenvalue weighted by atomic mass is 9.97. The largest absolute Gasteiger partial charge is 0.478 e. The first-order chi connectivity index (χ1) is 18.9. The highest BCUT2D eigenvalue weighted by atomic mass is 32.2. The van der Waals surface area contributed by atoms with Crippen LogP contribution in [0.15, 0.2) is 53.7 Å². The highest BCUT2D eigenvalue weighted by molar-refractivity contribution is 8.18. The first-order valence-electron chi connectivity index (χ1n) is 12.7. The summed E-state index contributed by atoms with van der Waals surface area (Å²) in [7, 11) is 0. The molecule has 2 aliphatic heterocycles. The minimum atomic E-state index is -0.965. The van der Waals surface area contributed by atoms with Gasteiger partial charge in [-0.15, -0.1) is 0 Å². The Morgan fingerprint density at radius 3 is 2.69 bits per heavy atom. The number of carbonyl (C=O) groups excluding carboxylic acids is 2. The third-order valence-corrected chi connectivity index (χ3v) is 7.56. The Morgan fingerprint density at radius 2 is 1.95 bits per heavy atom. The van der Waals surface area contributed by atoms with Gasteiger partial charge in [-0.2, -0.15) is 0 Å². The van der Waals surface area contributed by atoms with Crippen molar-refractivity contribution >= 4 is 40.9 Å². The minimum Gasteiger partial charge on any atom is -0.478 e. The molecule has 2 saturated heterocycles. The SMILES string of the molecule is Cc1ccc(C(=O)O)c(-c2cc(CNCC3CCN(c4nccc(/C=C5\SC(=O)NC5=O)n4)CC3)ccn2)c1. The molecule has 2 aliphatic rings. The van der Waals surface area contributed by atoms with E-state index < -0.39 is 11.9 Å². The number of aromatic nitrogens is 3. The number of piperidine rings is 1. The summed E-state index contributed by atoms with van der Waals surface area (Å²) in [6, 6.07) is 10.9. The van der Waals surface area contributed by atoms with Gasteiger partial charge in [0.25, 0.3) is 11.1 Å². The quantitative estimate of drug-likeness (QED) is 0.358. The number of carboxylic acids is 1. The number of anilines is 1. The summed E-state index contributed by atoms with van der Waals surface area (Å²) in [6.07, 6.45) is 6.97. The molecule has 5 rings (SSSR count). The summed E-state index contributed by atoms with van der Waals surface area (Å²) < 4.78 is 0. The van der Waals surface area contributed by atoms with E-state index in [1.807, 2.05) is 25.1 Å². The van der Waals surface area contributed by atoms with Gasteiger partial charge < -0.3 is 15.3 Å². The normalized spacial score (nSPS) is 17.1. The Hall–Kier alpha value is -4.09. The molecule has 11 heteroatoms. The molecule has 0 atom stereocenters. The van der Waals surface area contributed by atoms with E-state index in [0.717, 1.165) is 55.4 Å². The number of rotatable bonds is 8. The van der Waals surface area contributed by atoms with Gasteiger partial charge in [0.15, 0.2) is 0 Å². The topological polar surface area (TPSA) is 137 Å². The lowest BCUT2D eigenvalue weighted by molar-refractivity contribution is -0.115. The zero-order valence-corrected chi connectivity index (χ0v) is 22.2. The van der Waals surface area contributed by atoms with Gasteiger partial charge >= 0.3 is 5.97 Å². The number of benzene rings is 1. The van der Waals surface area contributed by atoms with Gasteiger partial charge in [-0.25, -0.2) is 14.8 Å². The fourth-order valence-corrected chi connectivity index (χ4v) is 5.36. The van der Waals surface area contributed by atoms with E-state index in [1.54, 1.807) is 36.7 Å². The number of pyridine rings is 1. The van der Waals surface area contributed by atoms with E-state index in [4.69, 9.17) is 0 Å². The standard InChI is InChI=1S/C28H28N6O4S/c1-17-2-3-21(26(36)37)22(12-17)23-13-19(4-8-30-23)16-29-15-18-6-10-34(11-7-18)27-31-9-5-20(32-27)14-24-25(35)33-28(38)39-24/h2-5,8-9,12-14,18,29H,6-7,10-11,15-16H2,1H3,(H,36,37)(H,33,35,38)/b24-14-. The molecular weight excluding hydrogens is 516 g/mol. The van der Waals surface area contributed by atoms with Gasteiger partial charge in [0.1, 0.15) is 0 Å². The monoisotopic (exact) mass is 544 g/mol. The number of aromatic carboxylic acids is 1. The van der Waals surface area contributed by atoms with E-state index in [-0.39, 0.29) is 10.8 Å². The Balaban J connectivity index is 1.14. The number of carboxylic acid groups (broad SMARTS) is 1. The van der Waals surface area contributed by atoms with Crippen molar-refractivity contribution in [2.75, 3.05) is 24.5 Å². The summed E-state index contributed by atoms with van der Waals surface area (Å²) in [5.41, 5.74) is 4.14. The lowest BCUT2D eigenvalue weighted by Gasteiger charge is -2.32. The highest BCUT2D eigenvalue weighted by Crippen LogP contribution is 2.27. The Bertz CT molecular complexity index is 1450. The van der Waals surface area contributed by atoms with Crippen LogP contribution in [0.1, 0.15) is 40.0 Å². The van der Waals surface area contributed by atoms with Crippen LogP contribution in [0.4, 0.5) is 10.7 Å². The van der Waals surface area contributed by atoms with E-state index in [9.17, 15) is 19.5 Å². The van der Waals surface area contributed by atoms with Crippen LogP contribution in [-0.4, -0.2) is 56.8 Å². The molecule has 3 N–H and O–H groups in total. The maximum atomic E-state index is 11.8. The molecule has 0 spiro atoms. The van der Waals surface area contributed by atoms with Gasteiger partial charge in [0.2, 0.25) is 5.95 Å². The second-order valence-corrected chi connectivity index (χ2v) is 10.6. The van der Waals surface area contributed by atoms with E-state index in [2.05, 4.69) is 30.5 Å². The van der Waals surface area contributed by atoms with Crippen molar-refractivity contribution in [1.29, 1.82) is 0 Å². The van der Waals surface area contributed by atoms with E-state index in [0.29, 0.717) is 40.3 Å². The number of nitrogens with zero attached hydrogens (tertiary/aromatic N) is 4. The molecule has 2 amide bonds. The predicted octanol–water partition coefficient (Wildman–Crippen LogP) is 3.88. The molecule has 10 nitrogen and oxygen atoms in total. The summed E-state index contributed by atoms with van der Waals surface area (Å²) >= 11 is 0.871. The molecule has 200 valence electrons. The Labute approximate surface area is 230 Å². The Morgan fingerprint density at radius 1 is 1.15 bits per heavy atom. The average Bonchev–Trinajstić information content (AvgIpc) is 3.25. The molecule has 0 saturated carbocycles. The lowest BCUT2D eigenvalue weighted by Crippen LogP contribution is -2.38. The van der Waals surface area contributed by atoms with Gasteiger partial charge in [-0.1, -0.05) is 11.6 Å². The highest BCUT2D eigenvalue weighted by Gasteiger charge is 2.26. The molecule has 2 fully saturated rings. The number of aryl methyl sites for hydroxylation is 1. The molecule has 0 bridgehead atoms. The van der Waals surface area contributed by atoms with Crippen LogP contribution in [0, 0.1) is 12.8 Å². The molecule has 0 aliphatic carbocycles. The van der Waals surface area contributed by atoms with Crippen LogP contribution < -0.4 is 15.5 Å². The van der Waals surface area contributed by atoms with Crippen molar-refractivity contribution in [2.45, 2.75) is 26.3 Å². The number of imide groups is 1. The number of hydrogen-bond acceptors (Lipinski definition) is 9. The number of thioether (sulfide) groups is 1. The van der Waals surface area contributed by atoms with Crippen LogP contribution in [0.5, 0.6) is 0 Å². The molecule has 1 aromatic carbocycles. The van der Waals surface area contributed by atoms with Crippen molar-refractivity contribution in [3.05, 3.63) is 76.1 Å². The van der Waals surface area contributed by atoms with E-state index >= 15 is 0 Å². The zero-order valence-electron chi connectivity index (χ0n) is 21.4. The van der Waals surface area contributed by atoms with Crippen LogP contribution in [0.3, 0.4) is 0 Å².